The number of thiazole rings is 1. The van der Waals surface area contributed by atoms with Crippen molar-refractivity contribution in [3.05, 3.63) is 87.8 Å². The highest BCUT2D eigenvalue weighted by Gasteiger charge is 2.25. The number of aromatic nitrogens is 2. The molecule has 7 nitrogen and oxygen atoms in total. The molecule has 0 radical (unpaired) electrons. The zero-order valence-electron chi connectivity index (χ0n) is 18.5. The van der Waals surface area contributed by atoms with Gasteiger partial charge in [-0.05, 0) is 42.7 Å². The van der Waals surface area contributed by atoms with Crippen LogP contribution in [-0.2, 0) is 27.7 Å². The quantitative estimate of drug-likeness (QED) is 0.281. The van der Waals surface area contributed by atoms with E-state index in [1.54, 1.807) is 41.9 Å². The summed E-state index contributed by atoms with van der Waals surface area (Å²) in [6.45, 7) is 0.574. The fourth-order valence-electron chi connectivity index (χ4n) is 3.41. The number of hydrogen-bond acceptors (Lipinski definition) is 8. The lowest BCUT2D eigenvalue weighted by Crippen LogP contribution is -2.32. The van der Waals surface area contributed by atoms with E-state index in [-0.39, 0.29) is 17.4 Å². The van der Waals surface area contributed by atoms with Gasteiger partial charge < -0.3 is 4.74 Å². The van der Waals surface area contributed by atoms with E-state index in [1.165, 1.54) is 28.9 Å². The topological polar surface area (TPSA) is 89.5 Å². The van der Waals surface area contributed by atoms with E-state index >= 15 is 0 Å². The maximum atomic E-state index is 13.4. The molecule has 4 aromatic rings. The number of thiophene rings is 1. The normalized spacial score (nSPS) is 11.6. The van der Waals surface area contributed by atoms with Crippen molar-refractivity contribution in [2.75, 3.05) is 13.7 Å². The predicted molar refractivity (Wildman–Crippen MR) is 133 cm³/mol. The molecule has 0 aliphatic carbocycles. The van der Waals surface area contributed by atoms with E-state index in [4.69, 9.17) is 4.74 Å². The Bertz CT molecular complexity index is 1320. The number of aryl methyl sites for hydroxylation is 1. The highest BCUT2D eigenvalue weighted by molar-refractivity contribution is 7.89. The molecule has 0 bridgehead atoms. The van der Waals surface area contributed by atoms with Crippen molar-refractivity contribution in [3.63, 3.8) is 0 Å². The number of carbonyl (C=O) groups is 1. The number of hydrogen-bond donors (Lipinski definition) is 0. The average molecular weight is 514 g/mol. The Morgan fingerprint density at radius 1 is 1.09 bits per heavy atom. The average Bonchev–Trinajstić information content (AvgIpc) is 3.57. The van der Waals surface area contributed by atoms with Crippen LogP contribution in [0.2, 0.25) is 0 Å². The van der Waals surface area contributed by atoms with Crippen molar-refractivity contribution < 1.29 is 17.9 Å². The second-order valence-corrected chi connectivity index (χ2v) is 11.4. The lowest BCUT2D eigenvalue weighted by Gasteiger charge is -2.22. The molecule has 1 aromatic carbocycles. The van der Waals surface area contributed by atoms with Crippen molar-refractivity contribution in [2.45, 2.75) is 24.3 Å². The Morgan fingerprint density at radius 2 is 1.91 bits per heavy atom. The van der Waals surface area contributed by atoms with E-state index < -0.39 is 10.0 Å². The summed E-state index contributed by atoms with van der Waals surface area (Å²) >= 11 is 2.93. The molecule has 0 unspecified atom stereocenters. The van der Waals surface area contributed by atoms with Gasteiger partial charge in [-0.3, -0.25) is 4.98 Å². The maximum absolute atomic E-state index is 13.4. The van der Waals surface area contributed by atoms with Crippen molar-refractivity contribution in [1.29, 1.82) is 0 Å². The second-order valence-electron chi connectivity index (χ2n) is 7.42. The van der Waals surface area contributed by atoms with Gasteiger partial charge in [-0.25, -0.2) is 18.2 Å². The summed E-state index contributed by atoms with van der Waals surface area (Å²) in [5.74, 6) is -0.363. The van der Waals surface area contributed by atoms with Crippen LogP contribution < -0.4 is 0 Å². The van der Waals surface area contributed by atoms with Gasteiger partial charge in [-0.1, -0.05) is 24.3 Å². The Labute approximate surface area is 206 Å². The molecule has 0 saturated heterocycles. The van der Waals surface area contributed by atoms with Gasteiger partial charge in [-0.15, -0.1) is 22.7 Å². The van der Waals surface area contributed by atoms with Gasteiger partial charge in [0.2, 0.25) is 10.0 Å². The van der Waals surface area contributed by atoms with Crippen molar-refractivity contribution in [3.8, 4) is 10.6 Å². The van der Waals surface area contributed by atoms with Gasteiger partial charge >= 0.3 is 5.97 Å². The molecule has 0 spiro atoms. The van der Waals surface area contributed by atoms with Crippen LogP contribution in [-0.4, -0.2) is 42.3 Å². The van der Waals surface area contributed by atoms with Crippen LogP contribution in [0.1, 0.15) is 26.5 Å². The highest BCUT2D eigenvalue weighted by Crippen LogP contribution is 2.24. The summed E-state index contributed by atoms with van der Waals surface area (Å²) < 4.78 is 33.0. The Balaban J connectivity index is 1.50. The van der Waals surface area contributed by atoms with Crippen LogP contribution >= 0.6 is 22.7 Å². The molecule has 4 rings (SSSR count). The summed E-state index contributed by atoms with van der Waals surface area (Å²) in [7, 11) is -2.38. The summed E-state index contributed by atoms with van der Waals surface area (Å²) in [5.41, 5.74) is 1.89. The molecule has 0 aliphatic heterocycles. The Morgan fingerprint density at radius 3 is 2.59 bits per heavy atom. The number of sulfonamides is 1. The Kier molecular flexibility index (Phi) is 7.84. The minimum atomic E-state index is -3.73. The largest absolute Gasteiger partial charge is 0.465 e. The predicted octanol–water partition coefficient (Wildman–Crippen LogP) is 4.88. The third-order valence-corrected chi connectivity index (χ3v) is 8.92. The van der Waals surface area contributed by atoms with Crippen LogP contribution in [0, 0.1) is 0 Å². The fourth-order valence-corrected chi connectivity index (χ4v) is 6.45. The van der Waals surface area contributed by atoms with Crippen molar-refractivity contribution in [2.24, 2.45) is 0 Å². The third-order valence-electron chi connectivity index (χ3n) is 5.14. The molecule has 10 heteroatoms. The maximum Gasteiger partial charge on any atom is 0.348 e. The molecule has 0 saturated carbocycles. The third kappa shape index (κ3) is 5.76. The highest BCUT2D eigenvalue weighted by atomic mass is 32.2. The number of pyridine rings is 1. The van der Waals surface area contributed by atoms with Gasteiger partial charge in [-0.2, -0.15) is 4.31 Å². The number of nitrogens with zero attached hydrogens (tertiary/aromatic N) is 3. The Hall–Kier alpha value is -2.92. The van der Waals surface area contributed by atoms with E-state index in [9.17, 15) is 13.2 Å². The zero-order chi connectivity index (χ0) is 24.0. The minimum absolute atomic E-state index is 0.165. The molecule has 0 amide bonds. The summed E-state index contributed by atoms with van der Waals surface area (Å²) in [6, 6.07) is 14.6. The molecule has 34 heavy (non-hydrogen) atoms. The van der Waals surface area contributed by atoms with Gasteiger partial charge in [0, 0.05) is 47.5 Å². The molecule has 0 N–H and O–H groups in total. The first-order valence-electron chi connectivity index (χ1n) is 10.5. The number of carbonyl (C=O) groups excluding carboxylic acids is 1. The number of ether oxygens (including phenoxy) is 1. The molecular formula is C24H23N3O4S3. The van der Waals surface area contributed by atoms with E-state index in [2.05, 4.69) is 9.97 Å². The van der Waals surface area contributed by atoms with E-state index in [0.717, 1.165) is 21.0 Å². The van der Waals surface area contributed by atoms with Gasteiger partial charge in [0.25, 0.3) is 0 Å². The first kappa shape index (κ1) is 24.2. The van der Waals surface area contributed by atoms with Crippen LogP contribution in [0.25, 0.3) is 10.6 Å². The zero-order valence-corrected chi connectivity index (χ0v) is 20.9. The standard InChI is InChI=1S/C24H23N3O4S3/c1-31-24(28)22-11-10-20(33-22)4-3-14-27(34(29,30)21-5-2-12-25-16-21)17-18-6-8-19(9-7-18)23-26-13-15-32-23/h2,5-13,15-16H,3-4,14,17H2,1H3. The van der Waals surface area contributed by atoms with Crippen LogP contribution in [0.3, 0.4) is 0 Å². The molecule has 0 atom stereocenters. The first-order valence-corrected chi connectivity index (χ1v) is 13.7. The molecule has 3 aromatic heterocycles. The molecular weight excluding hydrogens is 490 g/mol. The SMILES string of the molecule is COC(=O)c1ccc(CCCN(Cc2ccc(-c3nccs3)cc2)S(=O)(=O)c2cccnc2)s1. The summed E-state index contributed by atoms with van der Waals surface area (Å²) in [4.78, 5) is 21.7. The van der Waals surface area contributed by atoms with Crippen LogP contribution in [0.15, 0.2) is 77.4 Å². The molecule has 0 aliphatic rings. The number of esters is 1. The van der Waals surface area contributed by atoms with E-state index in [1.807, 2.05) is 35.7 Å². The molecule has 176 valence electrons. The monoisotopic (exact) mass is 513 g/mol. The van der Waals surface area contributed by atoms with Gasteiger partial charge in [0.05, 0.1) is 7.11 Å². The van der Waals surface area contributed by atoms with Crippen molar-refractivity contribution in [1.82, 2.24) is 14.3 Å². The van der Waals surface area contributed by atoms with Gasteiger partial charge in [0.1, 0.15) is 14.8 Å². The van der Waals surface area contributed by atoms with Crippen LogP contribution in [0.5, 0.6) is 0 Å². The smallest absolute Gasteiger partial charge is 0.348 e. The lowest BCUT2D eigenvalue weighted by molar-refractivity contribution is 0.0606. The fraction of sp³-hybridized carbons (Fsp3) is 0.208. The lowest BCUT2D eigenvalue weighted by atomic mass is 10.1. The second kappa shape index (κ2) is 11.0. The molecule has 0 fully saturated rings. The number of benzene rings is 1. The number of methoxy groups -OCH3 is 1. The summed E-state index contributed by atoms with van der Waals surface area (Å²) in [6.07, 6.45) is 5.95. The van der Waals surface area contributed by atoms with Crippen molar-refractivity contribution >= 4 is 38.7 Å². The summed E-state index contributed by atoms with van der Waals surface area (Å²) in [5, 5.41) is 2.85. The minimum Gasteiger partial charge on any atom is -0.465 e. The first-order chi connectivity index (χ1) is 16.5. The molecule has 3 heterocycles. The van der Waals surface area contributed by atoms with E-state index in [0.29, 0.717) is 24.3 Å². The number of rotatable bonds is 10. The van der Waals surface area contributed by atoms with Gasteiger partial charge in [0.15, 0.2) is 0 Å². The van der Waals surface area contributed by atoms with Crippen LogP contribution in [0.4, 0.5) is 0 Å².